The molecule has 180 valence electrons. The van der Waals surface area contributed by atoms with Crippen LogP contribution in [-0.2, 0) is 9.59 Å². The summed E-state index contributed by atoms with van der Waals surface area (Å²) in [6, 6.07) is 8.14. The maximum atomic E-state index is 13.3. The van der Waals surface area contributed by atoms with Gasteiger partial charge in [0.05, 0.1) is 42.1 Å². The number of carbonyl (C=O) groups is 2. The van der Waals surface area contributed by atoms with Crippen molar-refractivity contribution in [2.75, 3.05) is 19.1 Å². The SMILES string of the molecule is COc1c(Cl)cc(/C(O)=C2\C(=O)C(=O)N(c3cc(C)ccc3O)C2c2ccncc2)c(OC)c1Cl. The molecule has 2 aromatic carbocycles. The fraction of sp³-hybridized carbons (Fsp3) is 0.160. The van der Waals surface area contributed by atoms with Crippen LogP contribution in [0.15, 0.2) is 54.4 Å². The number of ketones is 1. The molecule has 1 saturated heterocycles. The Kier molecular flexibility index (Phi) is 6.60. The number of phenols is 1. The molecule has 10 heteroatoms. The number of carbonyl (C=O) groups excluding carboxylic acids is 2. The summed E-state index contributed by atoms with van der Waals surface area (Å²) in [5.41, 5.74) is 1.10. The number of rotatable bonds is 5. The van der Waals surface area contributed by atoms with Crippen molar-refractivity contribution in [1.82, 2.24) is 4.98 Å². The molecule has 1 aromatic heterocycles. The van der Waals surface area contributed by atoms with Crippen molar-refractivity contribution in [3.8, 4) is 17.2 Å². The summed E-state index contributed by atoms with van der Waals surface area (Å²) in [6.45, 7) is 1.78. The van der Waals surface area contributed by atoms with Crippen LogP contribution in [0.5, 0.6) is 17.2 Å². The molecule has 35 heavy (non-hydrogen) atoms. The standard InChI is InChI=1S/C25H20Cl2N2O6/c1-12-4-5-17(30)16(10-12)29-20(13-6-8-28-9-7-13)18(22(32)25(29)33)21(31)14-11-15(26)24(35-3)19(27)23(14)34-2/h4-11,20,30-31H,1-3H3/b21-18+. The number of halogens is 2. The van der Waals surface area contributed by atoms with Crippen LogP contribution in [0.2, 0.25) is 10.0 Å². The number of hydrogen-bond acceptors (Lipinski definition) is 7. The van der Waals surface area contributed by atoms with Gasteiger partial charge in [0.25, 0.3) is 11.7 Å². The number of aromatic hydroxyl groups is 1. The molecule has 1 amide bonds. The zero-order valence-corrected chi connectivity index (χ0v) is 20.4. The van der Waals surface area contributed by atoms with E-state index in [2.05, 4.69) is 4.98 Å². The summed E-state index contributed by atoms with van der Waals surface area (Å²) >= 11 is 12.7. The highest BCUT2D eigenvalue weighted by atomic mass is 35.5. The third kappa shape index (κ3) is 4.05. The summed E-state index contributed by atoms with van der Waals surface area (Å²) in [6.07, 6.45) is 2.99. The molecule has 1 aliphatic rings. The van der Waals surface area contributed by atoms with E-state index in [1.54, 1.807) is 31.2 Å². The molecule has 2 N–H and O–H groups in total. The third-order valence-corrected chi connectivity index (χ3v) is 6.28. The van der Waals surface area contributed by atoms with Crippen molar-refractivity contribution in [3.63, 3.8) is 0 Å². The van der Waals surface area contributed by atoms with Gasteiger partial charge in [-0.25, -0.2) is 0 Å². The number of aliphatic hydroxyl groups is 1. The number of aliphatic hydroxyl groups excluding tert-OH is 1. The molecule has 3 aromatic rings. The van der Waals surface area contributed by atoms with Crippen molar-refractivity contribution in [2.45, 2.75) is 13.0 Å². The van der Waals surface area contributed by atoms with E-state index in [0.717, 1.165) is 10.5 Å². The van der Waals surface area contributed by atoms with Crippen molar-refractivity contribution in [1.29, 1.82) is 0 Å². The van der Waals surface area contributed by atoms with E-state index in [9.17, 15) is 19.8 Å². The minimum Gasteiger partial charge on any atom is -0.507 e. The molecule has 1 atom stereocenters. The van der Waals surface area contributed by atoms with Crippen LogP contribution in [0.4, 0.5) is 5.69 Å². The van der Waals surface area contributed by atoms with Crippen LogP contribution in [0.3, 0.4) is 0 Å². The zero-order chi connectivity index (χ0) is 25.4. The van der Waals surface area contributed by atoms with Crippen molar-refractivity contribution >= 4 is 46.3 Å². The predicted octanol–water partition coefficient (Wildman–Crippen LogP) is 5.05. The summed E-state index contributed by atoms with van der Waals surface area (Å²) in [4.78, 5) is 31.8. The second kappa shape index (κ2) is 9.48. The first-order valence-electron chi connectivity index (χ1n) is 10.3. The van der Waals surface area contributed by atoms with Crippen LogP contribution in [0.1, 0.15) is 22.7 Å². The number of aromatic nitrogens is 1. The Morgan fingerprint density at radius 1 is 1.03 bits per heavy atom. The second-order valence-electron chi connectivity index (χ2n) is 7.73. The molecular formula is C25H20Cl2N2O6. The number of pyridine rings is 1. The Labute approximate surface area is 210 Å². The Hall–Kier alpha value is -3.75. The van der Waals surface area contributed by atoms with E-state index in [-0.39, 0.29) is 44.1 Å². The molecule has 1 aliphatic heterocycles. The first-order chi connectivity index (χ1) is 16.7. The molecule has 1 fully saturated rings. The number of phenolic OH excluding ortho intramolecular Hbond substituents is 1. The zero-order valence-electron chi connectivity index (χ0n) is 18.9. The van der Waals surface area contributed by atoms with E-state index < -0.39 is 23.5 Å². The largest absolute Gasteiger partial charge is 0.507 e. The number of ether oxygens (including phenoxy) is 2. The molecule has 0 aliphatic carbocycles. The molecule has 1 unspecified atom stereocenters. The monoisotopic (exact) mass is 514 g/mol. The summed E-state index contributed by atoms with van der Waals surface area (Å²) in [7, 11) is 2.70. The summed E-state index contributed by atoms with van der Waals surface area (Å²) in [5.74, 6) is -2.52. The van der Waals surface area contributed by atoms with Crippen LogP contribution >= 0.6 is 23.2 Å². The minimum atomic E-state index is -1.09. The number of aryl methyl sites for hydroxylation is 1. The highest BCUT2D eigenvalue weighted by molar-refractivity contribution is 6.52. The van der Waals surface area contributed by atoms with Gasteiger partial charge in [-0.05, 0) is 48.4 Å². The van der Waals surface area contributed by atoms with Gasteiger partial charge in [-0.15, -0.1) is 0 Å². The number of nitrogens with zero attached hydrogens (tertiary/aromatic N) is 2. The average Bonchev–Trinajstić information content (AvgIpc) is 3.11. The fourth-order valence-corrected chi connectivity index (χ4v) is 4.75. The average molecular weight is 515 g/mol. The highest BCUT2D eigenvalue weighted by Crippen LogP contribution is 2.49. The molecule has 0 bridgehead atoms. The molecule has 2 heterocycles. The van der Waals surface area contributed by atoms with Gasteiger partial charge in [0.2, 0.25) is 0 Å². The normalized spacial score (nSPS) is 17.1. The number of methoxy groups -OCH3 is 2. The third-order valence-electron chi connectivity index (χ3n) is 5.65. The smallest absolute Gasteiger partial charge is 0.300 e. The first kappa shape index (κ1) is 24.4. The Balaban J connectivity index is 2.04. The van der Waals surface area contributed by atoms with Crippen molar-refractivity contribution in [2.24, 2.45) is 0 Å². The predicted molar refractivity (Wildman–Crippen MR) is 131 cm³/mol. The van der Waals surface area contributed by atoms with E-state index in [0.29, 0.717) is 5.56 Å². The minimum absolute atomic E-state index is 0.00324. The maximum Gasteiger partial charge on any atom is 0.300 e. The number of amides is 1. The van der Waals surface area contributed by atoms with Crippen LogP contribution in [-0.4, -0.2) is 41.1 Å². The lowest BCUT2D eigenvalue weighted by atomic mass is 9.95. The topological polar surface area (TPSA) is 109 Å². The van der Waals surface area contributed by atoms with Gasteiger partial charge in [-0.2, -0.15) is 0 Å². The van der Waals surface area contributed by atoms with Gasteiger partial charge in [0, 0.05) is 12.4 Å². The summed E-state index contributed by atoms with van der Waals surface area (Å²) < 4.78 is 10.6. The van der Waals surface area contributed by atoms with Crippen molar-refractivity contribution < 1.29 is 29.3 Å². The van der Waals surface area contributed by atoms with E-state index in [1.807, 2.05) is 0 Å². The van der Waals surface area contributed by atoms with Crippen molar-refractivity contribution in [3.05, 3.63) is 81.1 Å². The Morgan fingerprint density at radius 2 is 1.69 bits per heavy atom. The lowest BCUT2D eigenvalue weighted by Gasteiger charge is -2.26. The van der Waals surface area contributed by atoms with Crippen LogP contribution < -0.4 is 14.4 Å². The molecule has 4 rings (SSSR count). The van der Waals surface area contributed by atoms with Gasteiger partial charge in [0.1, 0.15) is 16.5 Å². The van der Waals surface area contributed by atoms with Crippen LogP contribution in [0.25, 0.3) is 5.76 Å². The lowest BCUT2D eigenvalue weighted by Crippen LogP contribution is -2.29. The number of hydrogen-bond donors (Lipinski definition) is 2. The second-order valence-corrected chi connectivity index (χ2v) is 8.51. The quantitative estimate of drug-likeness (QED) is 0.278. The number of Topliss-reactive ketones (excluding diaryl/α,β-unsaturated/α-hetero) is 1. The van der Waals surface area contributed by atoms with Gasteiger partial charge in [-0.3, -0.25) is 19.5 Å². The first-order valence-corrected chi connectivity index (χ1v) is 11.1. The summed E-state index contributed by atoms with van der Waals surface area (Å²) in [5, 5.41) is 22.0. The van der Waals surface area contributed by atoms with Gasteiger partial charge < -0.3 is 19.7 Å². The molecular weight excluding hydrogens is 495 g/mol. The molecule has 8 nitrogen and oxygen atoms in total. The van der Waals surface area contributed by atoms with E-state index >= 15 is 0 Å². The van der Waals surface area contributed by atoms with Gasteiger partial charge in [-0.1, -0.05) is 29.3 Å². The Bertz CT molecular complexity index is 1370. The van der Waals surface area contributed by atoms with E-state index in [4.69, 9.17) is 32.7 Å². The molecule has 0 spiro atoms. The van der Waals surface area contributed by atoms with Crippen LogP contribution in [0, 0.1) is 6.92 Å². The van der Waals surface area contributed by atoms with Gasteiger partial charge in [0.15, 0.2) is 11.5 Å². The Morgan fingerprint density at radius 3 is 2.31 bits per heavy atom. The molecule has 0 saturated carbocycles. The molecule has 0 radical (unpaired) electrons. The lowest BCUT2D eigenvalue weighted by molar-refractivity contribution is -0.132. The maximum absolute atomic E-state index is 13.3. The number of anilines is 1. The number of benzene rings is 2. The van der Waals surface area contributed by atoms with E-state index in [1.165, 1.54) is 38.7 Å². The highest BCUT2D eigenvalue weighted by Gasteiger charge is 2.48. The fourth-order valence-electron chi connectivity index (χ4n) is 4.06. The van der Waals surface area contributed by atoms with Gasteiger partial charge >= 0.3 is 0 Å².